The molecule has 3 N–H and O–H groups in total. The molecule has 1 aromatic heterocycles. The monoisotopic (exact) mass is 161 g/mol. The highest BCUT2D eigenvalue weighted by Crippen LogP contribution is 2.23. The van der Waals surface area contributed by atoms with Crippen LogP contribution in [0.2, 0.25) is 0 Å². The molecule has 0 aliphatic rings. The summed E-state index contributed by atoms with van der Waals surface area (Å²) in [5.74, 6) is 0. The minimum Gasteiger partial charge on any atom is -0.398 e. The van der Waals surface area contributed by atoms with Gasteiger partial charge >= 0.3 is 0 Å². The molecule has 3 heteroatoms. The van der Waals surface area contributed by atoms with E-state index in [0.29, 0.717) is 0 Å². The maximum absolute atomic E-state index is 5.77. The van der Waals surface area contributed by atoms with Crippen molar-refractivity contribution >= 4 is 16.6 Å². The first-order valence-corrected chi connectivity index (χ1v) is 3.90. The fraction of sp³-hybridized carbons (Fsp3) is 0.222. The summed E-state index contributed by atoms with van der Waals surface area (Å²) in [4.78, 5) is 0. The van der Waals surface area contributed by atoms with Crippen LogP contribution in [-0.4, -0.2) is 10.2 Å². The SMILES string of the molecule is Cc1[nH]nc2ccc(N)c(C)c12. The van der Waals surface area contributed by atoms with Gasteiger partial charge < -0.3 is 5.73 Å². The van der Waals surface area contributed by atoms with Gasteiger partial charge in [-0.1, -0.05) is 0 Å². The van der Waals surface area contributed by atoms with E-state index in [2.05, 4.69) is 10.2 Å². The minimum absolute atomic E-state index is 0.826. The lowest BCUT2D eigenvalue weighted by Crippen LogP contribution is -1.89. The molecular formula is C9H11N3. The number of rotatable bonds is 0. The Morgan fingerprint density at radius 3 is 2.83 bits per heavy atom. The van der Waals surface area contributed by atoms with E-state index in [-0.39, 0.29) is 0 Å². The molecule has 0 aliphatic carbocycles. The normalized spacial score (nSPS) is 10.8. The summed E-state index contributed by atoms with van der Waals surface area (Å²) in [5.41, 5.74) is 9.77. The van der Waals surface area contributed by atoms with Crippen LogP contribution in [0.5, 0.6) is 0 Å². The summed E-state index contributed by atoms with van der Waals surface area (Å²) in [7, 11) is 0. The number of nitrogens with two attached hydrogens (primary N) is 1. The van der Waals surface area contributed by atoms with Gasteiger partial charge in [0.1, 0.15) is 0 Å². The fourth-order valence-electron chi connectivity index (χ4n) is 1.48. The van der Waals surface area contributed by atoms with E-state index >= 15 is 0 Å². The lowest BCUT2D eigenvalue weighted by atomic mass is 10.1. The van der Waals surface area contributed by atoms with E-state index < -0.39 is 0 Å². The van der Waals surface area contributed by atoms with Crippen LogP contribution in [0.15, 0.2) is 12.1 Å². The zero-order valence-corrected chi connectivity index (χ0v) is 7.18. The first-order chi connectivity index (χ1) is 5.70. The number of nitrogens with one attached hydrogen (secondary N) is 1. The molecule has 0 unspecified atom stereocenters. The highest BCUT2D eigenvalue weighted by Gasteiger charge is 2.05. The molecular weight excluding hydrogens is 150 g/mol. The summed E-state index contributed by atoms with van der Waals surface area (Å²) in [6.45, 7) is 4.02. The summed E-state index contributed by atoms with van der Waals surface area (Å²) in [5, 5.41) is 8.23. The number of aromatic nitrogens is 2. The molecule has 62 valence electrons. The molecule has 0 spiro atoms. The van der Waals surface area contributed by atoms with Crippen LogP contribution in [0.25, 0.3) is 10.9 Å². The Bertz CT molecular complexity index is 429. The van der Waals surface area contributed by atoms with E-state index in [1.807, 2.05) is 26.0 Å². The molecule has 0 saturated carbocycles. The topological polar surface area (TPSA) is 54.7 Å². The third-order valence-electron chi connectivity index (χ3n) is 2.20. The summed E-state index contributed by atoms with van der Waals surface area (Å²) in [6.07, 6.45) is 0. The number of H-pyrrole nitrogens is 1. The summed E-state index contributed by atoms with van der Waals surface area (Å²) in [6, 6.07) is 3.82. The summed E-state index contributed by atoms with van der Waals surface area (Å²) < 4.78 is 0. The van der Waals surface area contributed by atoms with Crippen molar-refractivity contribution in [2.45, 2.75) is 13.8 Å². The standard InChI is InChI=1S/C9H11N3/c1-5-7(10)3-4-8-9(5)6(2)11-12-8/h3-4H,10H2,1-2H3,(H,11,12). The van der Waals surface area contributed by atoms with Crippen molar-refractivity contribution in [1.82, 2.24) is 10.2 Å². The van der Waals surface area contributed by atoms with Crippen molar-refractivity contribution in [3.05, 3.63) is 23.4 Å². The smallest absolute Gasteiger partial charge is 0.0927 e. The van der Waals surface area contributed by atoms with Crippen LogP contribution in [0.4, 0.5) is 5.69 Å². The van der Waals surface area contributed by atoms with Crippen molar-refractivity contribution in [3.8, 4) is 0 Å². The zero-order valence-electron chi connectivity index (χ0n) is 7.18. The first-order valence-electron chi connectivity index (χ1n) is 3.90. The quantitative estimate of drug-likeness (QED) is 0.578. The second-order valence-corrected chi connectivity index (χ2v) is 3.02. The molecule has 2 aromatic rings. The maximum Gasteiger partial charge on any atom is 0.0927 e. The molecule has 2 rings (SSSR count). The predicted molar refractivity (Wildman–Crippen MR) is 50.0 cm³/mol. The van der Waals surface area contributed by atoms with Gasteiger partial charge in [0.2, 0.25) is 0 Å². The average Bonchev–Trinajstić information content (AvgIpc) is 2.41. The number of nitrogens with zero attached hydrogens (tertiary/aromatic N) is 1. The molecule has 0 saturated heterocycles. The molecule has 0 atom stereocenters. The molecule has 0 fully saturated rings. The van der Waals surface area contributed by atoms with Crippen molar-refractivity contribution < 1.29 is 0 Å². The third-order valence-corrected chi connectivity index (χ3v) is 2.20. The highest BCUT2D eigenvalue weighted by molar-refractivity contribution is 5.88. The number of hydrogen-bond donors (Lipinski definition) is 2. The van der Waals surface area contributed by atoms with Gasteiger partial charge in [0, 0.05) is 16.8 Å². The van der Waals surface area contributed by atoms with Gasteiger partial charge in [0.15, 0.2) is 0 Å². The van der Waals surface area contributed by atoms with E-state index in [9.17, 15) is 0 Å². The molecule has 1 heterocycles. The van der Waals surface area contributed by atoms with Gasteiger partial charge in [-0.25, -0.2) is 0 Å². The summed E-state index contributed by atoms with van der Waals surface area (Å²) >= 11 is 0. The molecule has 3 nitrogen and oxygen atoms in total. The molecule has 0 radical (unpaired) electrons. The lowest BCUT2D eigenvalue weighted by molar-refractivity contribution is 1.07. The van der Waals surface area contributed by atoms with Crippen LogP contribution in [0.3, 0.4) is 0 Å². The molecule has 0 aliphatic heterocycles. The Morgan fingerprint density at radius 2 is 2.08 bits per heavy atom. The Hall–Kier alpha value is -1.51. The average molecular weight is 161 g/mol. The minimum atomic E-state index is 0.826. The van der Waals surface area contributed by atoms with Crippen molar-refractivity contribution in [3.63, 3.8) is 0 Å². The van der Waals surface area contributed by atoms with Gasteiger partial charge in [-0.15, -0.1) is 0 Å². The lowest BCUT2D eigenvalue weighted by Gasteiger charge is -2.00. The van der Waals surface area contributed by atoms with Crippen LogP contribution in [-0.2, 0) is 0 Å². The van der Waals surface area contributed by atoms with E-state index in [4.69, 9.17) is 5.73 Å². The van der Waals surface area contributed by atoms with Gasteiger partial charge in [0.05, 0.1) is 5.52 Å². The predicted octanol–water partition coefficient (Wildman–Crippen LogP) is 1.76. The van der Waals surface area contributed by atoms with Gasteiger partial charge in [-0.3, -0.25) is 5.10 Å². The second kappa shape index (κ2) is 2.24. The first kappa shape index (κ1) is 7.16. The van der Waals surface area contributed by atoms with Crippen molar-refractivity contribution in [1.29, 1.82) is 0 Å². The Labute approximate surface area is 70.6 Å². The molecule has 0 amide bonds. The Kier molecular flexibility index (Phi) is 1.33. The largest absolute Gasteiger partial charge is 0.398 e. The number of hydrogen-bond acceptors (Lipinski definition) is 2. The van der Waals surface area contributed by atoms with E-state index in [1.54, 1.807) is 0 Å². The number of aromatic amines is 1. The Morgan fingerprint density at radius 1 is 1.33 bits per heavy atom. The van der Waals surface area contributed by atoms with Crippen LogP contribution in [0, 0.1) is 13.8 Å². The number of aryl methyl sites for hydroxylation is 2. The van der Waals surface area contributed by atoms with Crippen molar-refractivity contribution in [2.24, 2.45) is 0 Å². The third kappa shape index (κ3) is 0.794. The fourth-order valence-corrected chi connectivity index (χ4v) is 1.48. The number of anilines is 1. The number of nitrogen functional groups attached to an aromatic ring is 1. The van der Waals surface area contributed by atoms with Gasteiger partial charge in [-0.2, -0.15) is 5.10 Å². The second-order valence-electron chi connectivity index (χ2n) is 3.02. The number of fused-ring (bicyclic) bond motifs is 1. The molecule has 1 aromatic carbocycles. The van der Waals surface area contributed by atoms with Crippen LogP contribution < -0.4 is 5.73 Å². The van der Waals surface area contributed by atoms with Crippen LogP contribution >= 0.6 is 0 Å². The zero-order chi connectivity index (χ0) is 8.72. The van der Waals surface area contributed by atoms with Gasteiger partial charge in [0.25, 0.3) is 0 Å². The highest BCUT2D eigenvalue weighted by atomic mass is 15.1. The van der Waals surface area contributed by atoms with Crippen molar-refractivity contribution in [2.75, 3.05) is 5.73 Å². The van der Waals surface area contributed by atoms with E-state index in [1.165, 1.54) is 0 Å². The Balaban J connectivity index is 2.96. The molecule has 12 heavy (non-hydrogen) atoms. The maximum atomic E-state index is 5.77. The van der Waals surface area contributed by atoms with Crippen LogP contribution in [0.1, 0.15) is 11.3 Å². The molecule has 0 bridgehead atoms. The number of benzene rings is 1. The van der Waals surface area contributed by atoms with Gasteiger partial charge in [-0.05, 0) is 31.5 Å². The van der Waals surface area contributed by atoms with E-state index in [0.717, 1.165) is 27.8 Å².